The number of hydrogen-bond donors (Lipinski definition) is 1. The lowest BCUT2D eigenvalue weighted by Crippen LogP contribution is -2.25. The van der Waals surface area contributed by atoms with Gasteiger partial charge in [0.25, 0.3) is 0 Å². The molecule has 5 rings (SSSR count). The van der Waals surface area contributed by atoms with Crippen molar-refractivity contribution in [3.05, 3.63) is 83.9 Å². The highest BCUT2D eigenvalue weighted by Crippen LogP contribution is 2.45. The molecule has 1 atom stereocenters. The van der Waals surface area contributed by atoms with Gasteiger partial charge in [-0.15, -0.1) is 0 Å². The van der Waals surface area contributed by atoms with Crippen LogP contribution in [0.3, 0.4) is 0 Å². The van der Waals surface area contributed by atoms with Crippen LogP contribution in [-0.4, -0.2) is 46.6 Å². The fourth-order valence-corrected chi connectivity index (χ4v) is 5.93. The highest BCUT2D eigenvalue weighted by Gasteiger charge is 2.29. The molecule has 2 heterocycles. The van der Waals surface area contributed by atoms with Crippen molar-refractivity contribution >= 4 is 26.6 Å². The molecule has 6 heteroatoms. The number of carbonyl (C=O) groups is 1. The Hall–Kier alpha value is -3.19. The average molecular weight is 460 g/mol. The first-order valence-corrected chi connectivity index (χ1v) is 12.3. The lowest BCUT2D eigenvalue weighted by Gasteiger charge is -2.15. The molecule has 33 heavy (non-hydrogen) atoms. The van der Waals surface area contributed by atoms with Gasteiger partial charge in [0, 0.05) is 17.7 Å². The second-order valence-electron chi connectivity index (χ2n) is 8.27. The van der Waals surface area contributed by atoms with Crippen LogP contribution in [0, 0.1) is 0 Å². The normalized spacial score (nSPS) is 14.6. The van der Waals surface area contributed by atoms with E-state index in [0.717, 1.165) is 30.9 Å². The fourth-order valence-electron chi connectivity index (χ4n) is 4.40. The van der Waals surface area contributed by atoms with Gasteiger partial charge in [-0.1, -0.05) is 12.1 Å². The summed E-state index contributed by atoms with van der Waals surface area (Å²) in [6.45, 7) is 3.82. The van der Waals surface area contributed by atoms with Crippen LogP contribution in [0.1, 0.15) is 28.8 Å². The summed E-state index contributed by atoms with van der Waals surface area (Å²) in [5, 5.41) is 10.3. The van der Waals surface area contributed by atoms with Gasteiger partial charge in [0.05, 0.1) is 10.9 Å². The molecule has 0 aliphatic carbocycles. The van der Waals surface area contributed by atoms with Crippen molar-refractivity contribution in [2.75, 3.05) is 26.2 Å². The molecule has 1 fully saturated rings. The van der Waals surface area contributed by atoms with Gasteiger partial charge in [0.1, 0.15) is 18.1 Å². The Balaban J connectivity index is 1.47. The number of likely N-dealkylation sites (tertiary alicyclic amines) is 1. The number of carbonyl (C=O) groups excluding carboxylic acids is 1. The third-order valence-electron chi connectivity index (χ3n) is 6.12. The summed E-state index contributed by atoms with van der Waals surface area (Å²) in [4.78, 5) is 16.4. The van der Waals surface area contributed by atoms with E-state index < -0.39 is 10.8 Å². The quantitative estimate of drug-likeness (QED) is 0.286. The van der Waals surface area contributed by atoms with E-state index in [9.17, 15) is 14.5 Å². The molecular weight excluding hydrogens is 434 g/mol. The molecule has 0 amide bonds. The minimum Gasteiger partial charge on any atom is -0.590 e. The lowest BCUT2D eigenvalue weighted by atomic mass is 9.97. The first-order valence-electron chi connectivity index (χ1n) is 11.2. The lowest BCUT2D eigenvalue weighted by molar-refractivity contribution is 0.104. The van der Waals surface area contributed by atoms with Gasteiger partial charge in [-0.3, -0.25) is 9.69 Å². The number of thiophene rings is 1. The summed E-state index contributed by atoms with van der Waals surface area (Å²) in [6, 6.07) is 20.9. The zero-order valence-electron chi connectivity index (χ0n) is 18.2. The second-order valence-corrected chi connectivity index (χ2v) is 9.65. The number of ketones is 1. The number of phenolic OH excluding ortho intramolecular Hbond substituents is 1. The van der Waals surface area contributed by atoms with Crippen molar-refractivity contribution in [3.8, 4) is 21.9 Å². The van der Waals surface area contributed by atoms with Gasteiger partial charge in [-0.25, -0.2) is 0 Å². The fraction of sp³-hybridized carbons (Fsp3) is 0.222. The number of nitrogens with zero attached hydrogens (tertiary/aromatic N) is 1. The van der Waals surface area contributed by atoms with Gasteiger partial charge >= 0.3 is 0 Å². The molecule has 168 valence electrons. The largest absolute Gasteiger partial charge is 0.590 e. The Labute approximate surface area is 195 Å². The highest BCUT2D eigenvalue weighted by molar-refractivity contribution is 7.35. The first kappa shape index (κ1) is 21.6. The molecule has 1 saturated heterocycles. The summed E-state index contributed by atoms with van der Waals surface area (Å²) < 4.78 is 20.0. The smallest absolute Gasteiger partial charge is 0.199 e. The van der Waals surface area contributed by atoms with Crippen molar-refractivity contribution in [2.24, 2.45) is 0 Å². The molecular formula is C27H25NO4S. The topological polar surface area (TPSA) is 72.8 Å². The molecule has 0 spiro atoms. The van der Waals surface area contributed by atoms with Gasteiger partial charge in [-0.05, 0) is 97.3 Å². The molecule has 4 aromatic rings. The number of aromatic hydroxyl groups is 1. The van der Waals surface area contributed by atoms with Crippen LogP contribution in [0.5, 0.6) is 11.5 Å². The number of phenols is 1. The molecule has 1 aliphatic heterocycles. The summed E-state index contributed by atoms with van der Waals surface area (Å²) in [7, 11) is -1.47. The van der Waals surface area contributed by atoms with Crippen molar-refractivity contribution in [3.63, 3.8) is 0 Å². The molecule has 5 nitrogen and oxygen atoms in total. The van der Waals surface area contributed by atoms with E-state index in [1.165, 1.54) is 25.0 Å². The van der Waals surface area contributed by atoms with E-state index in [0.29, 0.717) is 32.7 Å². The second kappa shape index (κ2) is 9.35. The summed E-state index contributed by atoms with van der Waals surface area (Å²) in [5.41, 5.74) is 1.62. The van der Waals surface area contributed by atoms with Crippen LogP contribution in [-0.2, 0) is 0 Å². The summed E-state index contributed by atoms with van der Waals surface area (Å²) in [6.07, 6.45) is 2.52. The first-order chi connectivity index (χ1) is 16.1. The van der Waals surface area contributed by atoms with E-state index in [2.05, 4.69) is 4.90 Å². The third-order valence-corrected chi connectivity index (χ3v) is 7.68. The number of benzene rings is 3. The van der Waals surface area contributed by atoms with Gasteiger partial charge in [-0.2, -0.15) is 0 Å². The number of rotatable bonds is 7. The Morgan fingerprint density at radius 3 is 2.39 bits per heavy atom. The molecule has 1 aromatic heterocycles. The highest BCUT2D eigenvalue weighted by atomic mass is 32.2. The van der Waals surface area contributed by atoms with Crippen LogP contribution in [0.2, 0.25) is 0 Å². The third kappa shape index (κ3) is 4.37. The van der Waals surface area contributed by atoms with Gasteiger partial charge in [0.15, 0.2) is 15.4 Å². The van der Waals surface area contributed by atoms with Crippen molar-refractivity contribution in [1.82, 2.24) is 4.90 Å². The monoisotopic (exact) mass is 459 g/mol. The van der Waals surface area contributed by atoms with E-state index in [4.69, 9.17) is 4.74 Å². The summed E-state index contributed by atoms with van der Waals surface area (Å²) in [5.74, 6) is 0.636. The minimum absolute atomic E-state index is 0.0940. The van der Waals surface area contributed by atoms with Crippen LogP contribution in [0.25, 0.3) is 20.5 Å². The van der Waals surface area contributed by atoms with Crippen LogP contribution in [0.4, 0.5) is 0 Å². The number of ether oxygens (including phenoxy) is 1. The molecule has 3 aromatic carbocycles. The van der Waals surface area contributed by atoms with Gasteiger partial charge in [0.2, 0.25) is 0 Å². The van der Waals surface area contributed by atoms with E-state index >= 15 is 0 Å². The maximum absolute atomic E-state index is 13.5. The minimum atomic E-state index is -1.47. The average Bonchev–Trinajstić information content (AvgIpc) is 3.46. The van der Waals surface area contributed by atoms with Crippen molar-refractivity contribution in [2.45, 2.75) is 12.8 Å². The number of hydrogen-bond acceptors (Lipinski definition) is 5. The number of fused-ring (bicyclic) bond motifs is 1. The van der Waals surface area contributed by atoms with E-state index in [1.807, 2.05) is 42.5 Å². The van der Waals surface area contributed by atoms with Crippen LogP contribution in [0.15, 0.2) is 72.8 Å². The predicted octanol–water partition coefficient (Wildman–Crippen LogP) is 5.65. The van der Waals surface area contributed by atoms with Crippen molar-refractivity contribution < 1.29 is 19.2 Å². The molecule has 0 bridgehead atoms. The maximum atomic E-state index is 13.5. The Bertz CT molecular complexity index is 1270. The summed E-state index contributed by atoms with van der Waals surface area (Å²) >= 11 is 0. The molecule has 1 unspecified atom stereocenters. The van der Waals surface area contributed by atoms with Crippen LogP contribution < -0.4 is 4.74 Å². The Morgan fingerprint density at radius 2 is 1.67 bits per heavy atom. The molecule has 0 saturated carbocycles. The predicted molar refractivity (Wildman–Crippen MR) is 131 cm³/mol. The maximum Gasteiger partial charge on any atom is 0.199 e. The van der Waals surface area contributed by atoms with Gasteiger partial charge < -0.3 is 14.4 Å². The zero-order valence-corrected chi connectivity index (χ0v) is 19.0. The van der Waals surface area contributed by atoms with E-state index in [-0.39, 0.29) is 11.5 Å². The Morgan fingerprint density at radius 1 is 0.970 bits per heavy atom. The standard InChI is InChI=1S/C27H25NO4S/c29-21-11-7-19(8-12-21)26(30)25-23-5-1-2-6-24(23)33(31)27(25)20-9-13-22(14-10-20)32-18-17-28-15-3-4-16-28/h1-2,5-14,29H,3-4,15-18H2. The molecule has 1 aliphatic rings. The SMILES string of the molecule is O=C(c1ccc(O)cc1)c1c(-c2ccc(OCCN3CCCC3)cc2)[s+]([O-])c2ccccc12. The molecule has 0 radical (unpaired) electrons. The Kier molecular flexibility index (Phi) is 6.13. The van der Waals surface area contributed by atoms with E-state index in [1.54, 1.807) is 18.2 Å². The molecule has 1 N–H and O–H groups in total. The van der Waals surface area contributed by atoms with Crippen molar-refractivity contribution in [1.29, 1.82) is 0 Å². The zero-order chi connectivity index (χ0) is 22.8. The van der Waals surface area contributed by atoms with Crippen LogP contribution >= 0.6 is 10.8 Å².